The lowest BCUT2D eigenvalue weighted by Crippen LogP contribution is -2.51. The first-order valence-electron chi connectivity index (χ1n) is 12.4. The largest absolute Gasteiger partial charge is 0.296 e. The van der Waals surface area contributed by atoms with E-state index < -0.39 is 17.4 Å². The Hall–Kier alpha value is -3.81. The van der Waals surface area contributed by atoms with Crippen LogP contribution in [0, 0.1) is 17.8 Å². The minimum absolute atomic E-state index is 0.0308. The Balaban J connectivity index is 1.55. The number of anilines is 1. The highest BCUT2D eigenvalue weighted by Crippen LogP contribution is 2.56. The zero-order chi connectivity index (χ0) is 25.6. The van der Waals surface area contributed by atoms with Crippen molar-refractivity contribution in [2.45, 2.75) is 25.4 Å². The van der Waals surface area contributed by atoms with E-state index in [-0.39, 0.29) is 29.3 Å². The zero-order valence-electron chi connectivity index (χ0n) is 20.2. The van der Waals surface area contributed by atoms with E-state index in [1.165, 1.54) is 4.90 Å². The van der Waals surface area contributed by atoms with Gasteiger partial charge in [0.15, 0.2) is 0 Å². The van der Waals surface area contributed by atoms with Crippen LogP contribution in [0.5, 0.6) is 0 Å². The normalized spacial score (nSPS) is 25.8. The van der Waals surface area contributed by atoms with Crippen LogP contribution in [0.15, 0.2) is 77.6 Å². The molecular formula is C29H23ClN4O3. The van der Waals surface area contributed by atoms with Gasteiger partial charge in [-0.1, -0.05) is 67.9 Å². The van der Waals surface area contributed by atoms with Crippen LogP contribution in [0.3, 0.4) is 0 Å². The van der Waals surface area contributed by atoms with Gasteiger partial charge in [-0.15, -0.1) is 0 Å². The van der Waals surface area contributed by atoms with Gasteiger partial charge in [0.05, 0.1) is 39.1 Å². The number of aromatic nitrogens is 2. The van der Waals surface area contributed by atoms with Gasteiger partial charge in [0.25, 0.3) is 5.56 Å². The number of carbonyl (C=O) groups is 2. The van der Waals surface area contributed by atoms with Gasteiger partial charge in [-0.2, -0.15) is 0 Å². The average molecular weight is 511 g/mol. The highest BCUT2D eigenvalue weighted by atomic mass is 35.5. The second-order valence-corrected chi connectivity index (χ2v) is 10.7. The highest BCUT2D eigenvalue weighted by Gasteiger charge is 2.70. The summed E-state index contributed by atoms with van der Waals surface area (Å²) < 4.78 is 1.61. The van der Waals surface area contributed by atoms with E-state index in [0.29, 0.717) is 33.1 Å². The van der Waals surface area contributed by atoms with Gasteiger partial charge in [-0.3, -0.25) is 24.3 Å². The number of amides is 2. The van der Waals surface area contributed by atoms with E-state index >= 15 is 0 Å². The van der Waals surface area contributed by atoms with Gasteiger partial charge in [-0.25, -0.2) is 9.88 Å². The molecule has 0 bridgehead atoms. The highest BCUT2D eigenvalue weighted by molar-refractivity contribution is 6.36. The summed E-state index contributed by atoms with van der Waals surface area (Å²) in [5, 5.41) is 4.53. The maximum Gasteiger partial charge on any atom is 0.266 e. The van der Waals surface area contributed by atoms with E-state index in [1.54, 1.807) is 41.0 Å². The molecule has 184 valence electrons. The molecular weight excluding hydrogens is 488 g/mol. The fourth-order valence-corrected chi connectivity index (χ4v) is 6.82. The molecule has 2 saturated heterocycles. The number of halogens is 1. The van der Waals surface area contributed by atoms with Gasteiger partial charge < -0.3 is 0 Å². The summed E-state index contributed by atoms with van der Waals surface area (Å²) in [6.07, 6.45) is 0. The van der Waals surface area contributed by atoms with E-state index in [2.05, 4.69) is 5.32 Å². The van der Waals surface area contributed by atoms with Crippen molar-refractivity contribution in [1.29, 1.82) is 0 Å². The van der Waals surface area contributed by atoms with Crippen molar-refractivity contribution < 1.29 is 9.59 Å². The maximum absolute atomic E-state index is 14.3. The summed E-state index contributed by atoms with van der Waals surface area (Å²) in [7, 11) is 0. The molecule has 3 aliphatic heterocycles. The Morgan fingerprint density at radius 2 is 1.57 bits per heavy atom. The lowest BCUT2D eigenvalue weighted by Gasteiger charge is -2.32. The van der Waals surface area contributed by atoms with Crippen molar-refractivity contribution in [2.24, 2.45) is 17.8 Å². The molecule has 3 aliphatic rings. The van der Waals surface area contributed by atoms with Gasteiger partial charge in [-0.05, 0) is 36.2 Å². The molecule has 1 N–H and O–H groups in total. The number of fused-ring (bicyclic) bond motifs is 8. The Morgan fingerprint density at radius 1 is 0.892 bits per heavy atom. The summed E-state index contributed by atoms with van der Waals surface area (Å²) in [5.41, 5.74) is 1.03. The van der Waals surface area contributed by atoms with Crippen molar-refractivity contribution in [2.75, 3.05) is 4.90 Å². The summed E-state index contributed by atoms with van der Waals surface area (Å²) in [6, 6.07) is 21.3. The average Bonchev–Trinajstić information content (AvgIpc) is 3.49. The third-order valence-electron chi connectivity index (χ3n) is 8.11. The van der Waals surface area contributed by atoms with Crippen LogP contribution in [0.4, 0.5) is 5.69 Å². The molecule has 0 saturated carbocycles. The van der Waals surface area contributed by atoms with Gasteiger partial charge in [0.2, 0.25) is 11.8 Å². The van der Waals surface area contributed by atoms with Gasteiger partial charge in [0.1, 0.15) is 11.4 Å². The summed E-state index contributed by atoms with van der Waals surface area (Å²) in [6.45, 7) is 4.07. The van der Waals surface area contributed by atoms with Crippen LogP contribution in [0.2, 0.25) is 5.02 Å². The molecule has 4 heterocycles. The predicted octanol–water partition coefficient (Wildman–Crippen LogP) is 4.03. The minimum atomic E-state index is -1.15. The second kappa shape index (κ2) is 7.60. The fourth-order valence-electron chi connectivity index (χ4n) is 6.59. The van der Waals surface area contributed by atoms with Crippen LogP contribution in [-0.2, 0) is 15.1 Å². The van der Waals surface area contributed by atoms with Gasteiger partial charge in [0, 0.05) is 11.6 Å². The lowest BCUT2D eigenvalue weighted by molar-refractivity contribution is -0.123. The lowest BCUT2D eigenvalue weighted by atomic mass is 9.75. The minimum Gasteiger partial charge on any atom is -0.296 e. The van der Waals surface area contributed by atoms with Crippen molar-refractivity contribution in [3.8, 4) is 5.69 Å². The van der Waals surface area contributed by atoms with Crippen LogP contribution in [-0.4, -0.2) is 27.4 Å². The van der Waals surface area contributed by atoms with E-state index in [1.807, 2.05) is 50.2 Å². The molecule has 7 nitrogen and oxygen atoms in total. The van der Waals surface area contributed by atoms with E-state index in [9.17, 15) is 14.4 Å². The third kappa shape index (κ3) is 2.70. The number of para-hydroxylation sites is 3. The topological polar surface area (TPSA) is 84.3 Å². The monoisotopic (exact) mass is 510 g/mol. The Bertz CT molecular complexity index is 1710. The van der Waals surface area contributed by atoms with Gasteiger partial charge >= 0.3 is 0 Å². The molecule has 3 aromatic carbocycles. The fraction of sp³-hybridized carbons (Fsp3) is 0.241. The Morgan fingerprint density at radius 3 is 2.32 bits per heavy atom. The SMILES string of the molecule is CC(C)[C@H]1N[C@@]2(c3ccccc3-n3c2nc2ccccc2c3=O)[C@H]2C(=O)N(c3ccccc3Cl)C(=O)[C@@H]12. The van der Waals surface area contributed by atoms with Crippen LogP contribution in [0.25, 0.3) is 16.6 Å². The molecule has 0 aliphatic carbocycles. The Labute approximate surface area is 217 Å². The zero-order valence-corrected chi connectivity index (χ0v) is 20.9. The van der Waals surface area contributed by atoms with Crippen molar-refractivity contribution in [3.63, 3.8) is 0 Å². The number of nitrogens with one attached hydrogen (secondary N) is 1. The Kier molecular flexibility index (Phi) is 4.60. The standard InChI is InChI=1S/C29H23ClN4O3/c1-15(2)24-22-23(27(37)33(26(22)36)21-14-8-5-11-18(21)30)29(32-24)17-10-4-7-13-20(17)34-25(35)16-9-3-6-12-19(16)31-28(29)34/h3-15,22-24,32H,1-2H3/t22-,23-,24-,29+/m1/s1. The first kappa shape index (κ1) is 22.4. The molecule has 7 rings (SSSR count). The maximum atomic E-state index is 14.3. The van der Waals surface area contributed by atoms with Crippen LogP contribution >= 0.6 is 11.6 Å². The molecule has 37 heavy (non-hydrogen) atoms. The number of rotatable bonds is 2. The van der Waals surface area contributed by atoms with Crippen molar-refractivity contribution in [3.05, 3.63) is 99.6 Å². The van der Waals surface area contributed by atoms with Crippen LogP contribution < -0.4 is 15.8 Å². The molecule has 0 radical (unpaired) electrons. The first-order valence-corrected chi connectivity index (χ1v) is 12.8. The van der Waals surface area contributed by atoms with E-state index in [4.69, 9.17) is 16.6 Å². The number of carbonyl (C=O) groups excluding carboxylic acids is 2. The molecule has 2 amide bonds. The van der Waals surface area contributed by atoms with Crippen molar-refractivity contribution in [1.82, 2.24) is 14.9 Å². The second-order valence-electron chi connectivity index (χ2n) is 10.3. The van der Waals surface area contributed by atoms with Crippen LogP contribution in [0.1, 0.15) is 25.2 Å². The van der Waals surface area contributed by atoms with E-state index in [0.717, 1.165) is 5.56 Å². The number of benzene rings is 3. The number of hydrogen-bond acceptors (Lipinski definition) is 5. The molecule has 1 aromatic heterocycles. The quantitative estimate of drug-likeness (QED) is 0.412. The summed E-state index contributed by atoms with van der Waals surface area (Å²) >= 11 is 6.47. The third-order valence-corrected chi connectivity index (χ3v) is 8.43. The molecule has 2 fully saturated rings. The molecule has 8 heteroatoms. The summed E-state index contributed by atoms with van der Waals surface area (Å²) in [5.74, 6) is -1.60. The molecule has 4 aromatic rings. The smallest absolute Gasteiger partial charge is 0.266 e. The van der Waals surface area contributed by atoms with Crippen molar-refractivity contribution >= 4 is 40.0 Å². The molecule has 4 atom stereocenters. The summed E-state index contributed by atoms with van der Waals surface area (Å²) in [4.78, 5) is 48.4. The number of hydrogen-bond donors (Lipinski definition) is 1. The predicted molar refractivity (Wildman–Crippen MR) is 141 cm³/mol. The number of nitrogens with zero attached hydrogens (tertiary/aromatic N) is 3. The molecule has 0 unspecified atom stereocenters. The molecule has 1 spiro atoms. The first-order chi connectivity index (χ1) is 17.9. The number of imide groups is 1.